The molecule has 0 bridgehead atoms. The van der Waals surface area contributed by atoms with Crippen molar-refractivity contribution in [2.75, 3.05) is 13.2 Å². The molecule has 0 aromatic carbocycles. The summed E-state index contributed by atoms with van der Waals surface area (Å²) >= 11 is 0. The number of aromatic nitrogens is 1. The van der Waals surface area contributed by atoms with E-state index >= 15 is 0 Å². The Morgan fingerprint density at radius 1 is 1.69 bits per heavy atom. The van der Waals surface area contributed by atoms with Crippen LogP contribution in [0.5, 0.6) is 0 Å². The average Bonchev–Trinajstić information content (AvgIpc) is 2.51. The number of rotatable bonds is 5. The van der Waals surface area contributed by atoms with E-state index in [0.717, 1.165) is 18.0 Å². The quantitative estimate of drug-likeness (QED) is 0.707. The van der Waals surface area contributed by atoms with Crippen LogP contribution < -0.4 is 5.32 Å². The molecule has 1 heterocycles. The maximum atomic E-state index is 8.76. The van der Waals surface area contributed by atoms with Crippen molar-refractivity contribution in [1.82, 2.24) is 10.5 Å². The van der Waals surface area contributed by atoms with Gasteiger partial charge in [-0.05, 0) is 12.8 Å². The monoisotopic (exact) mass is 184 g/mol. The zero-order valence-corrected chi connectivity index (χ0v) is 8.08. The first kappa shape index (κ1) is 10.2. The Kier molecular flexibility index (Phi) is 3.92. The van der Waals surface area contributed by atoms with Crippen molar-refractivity contribution in [3.05, 3.63) is 17.5 Å². The number of aliphatic hydroxyl groups excluding tert-OH is 1. The zero-order valence-electron chi connectivity index (χ0n) is 8.08. The number of nitrogens with zero attached hydrogens (tertiary/aromatic N) is 1. The Hall–Kier alpha value is -0.870. The molecule has 1 rings (SSSR count). The van der Waals surface area contributed by atoms with Gasteiger partial charge in [0.1, 0.15) is 0 Å². The second kappa shape index (κ2) is 4.99. The highest BCUT2D eigenvalue weighted by atomic mass is 16.5. The van der Waals surface area contributed by atoms with Gasteiger partial charge < -0.3 is 14.9 Å². The SMILES string of the molecule is Cc1cc(CNCC(C)CO)on1. The van der Waals surface area contributed by atoms with Crippen molar-refractivity contribution in [3.63, 3.8) is 0 Å². The van der Waals surface area contributed by atoms with E-state index < -0.39 is 0 Å². The molecule has 0 saturated carbocycles. The third-order valence-electron chi connectivity index (χ3n) is 1.78. The van der Waals surface area contributed by atoms with E-state index in [2.05, 4.69) is 10.5 Å². The number of nitrogens with one attached hydrogen (secondary N) is 1. The average molecular weight is 184 g/mol. The Morgan fingerprint density at radius 2 is 2.46 bits per heavy atom. The number of aliphatic hydroxyl groups is 1. The molecule has 0 fully saturated rings. The summed E-state index contributed by atoms with van der Waals surface area (Å²) in [7, 11) is 0. The van der Waals surface area contributed by atoms with E-state index in [-0.39, 0.29) is 12.5 Å². The summed E-state index contributed by atoms with van der Waals surface area (Å²) < 4.78 is 5.00. The lowest BCUT2D eigenvalue weighted by molar-refractivity contribution is 0.232. The van der Waals surface area contributed by atoms with Crippen LogP contribution in [-0.2, 0) is 6.54 Å². The van der Waals surface area contributed by atoms with Gasteiger partial charge in [-0.1, -0.05) is 12.1 Å². The van der Waals surface area contributed by atoms with Crippen LogP contribution in [0.1, 0.15) is 18.4 Å². The lowest BCUT2D eigenvalue weighted by Crippen LogP contribution is -2.22. The molecule has 2 N–H and O–H groups in total. The van der Waals surface area contributed by atoms with Crippen LogP contribution in [0.3, 0.4) is 0 Å². The van der Waals surface area contributed by atoms with Crippen LogP contribution in [-0.4, -0.2) is 23.4 Å². The molecule has 4 nitrogen and oxygen atoms in total. The van der Waals surface area contributed by atoms with E-state index in [9.17, 15) is 0 Å². The van der Waals surface area contributed by atoms with Crippen LogP contribution in [0, 0.1) is 12.8 Å². The van der Waals surface area contributed by atoms with Gasteiger partial charge in [-0.15, -0.1) is 0 Å². The van der Waals surface area contributed by atoms with Gasteiger partial charge in [0.15, 0.2) is 5.76 Å². The molecular formula is C9H16N2O2. The number of hydrogen-bond donors (Lipinski definition) is 2. The fraction of sp³-hybridized carbons (Fsp3) is 0.667. The Morgan fingerprint density at radius 3 is 3.00 bits per heavy atom. The summed E-state index contributed by atoms with van der Waals surface area (Å²) in [6.07, 6.45) is 0. The molecule has 1 atom stereocenters. The van der Waals surface area contributed by atoms with Gasteiger partial charge in [0.05, 0.1) is 12.2 Å². The first-order chi connectivity index (χ1) is 6.22. The molecule has 0 aliphatic heterocycles. The van der Waals surface area contributed by atoms with Gasteiger partial charge in [0.25, 0.3) is 0 Å². The van der Waals surface area contributed by atoms with E-state index in [4.69, 9.17) is 9.63 Å². The second-order valence-electron chi connectivity index (χ2n) is 3.35. The van der Waals surface area contributed by atoms with Gasteiger partial charge >= 0.3 is 0 Å². The minimum absolute atomic E-state index is 0.211. The molecule has 0 aliphatic rings. The van der Waals surface area contributed by atoms with E-state index in [1.807, 2.05) is 19.9 Å². The summed E-state index contributed by atoms with van der Waals surface area (Å²) in [6.45, 7) is 5.55. The highest BCUT2D eigenvalue weighted by Crippen LogP contribution is 2.01. The third kappa shape index (κ3) is 3.57. The second-order valence-corrected chi connectivity index (χ2v) is 3.35. The van der Waals surface area contributed by atoms with Gasteiger partial charge in [-0.3, -0.25) is 0 Å². The van der Waals surface area contributed by atoms with E-state index in [1.54, 1.807) is 0 Å². The summed E-state index contributed by atoms with van der Waals surface area (Å²) in [5.41, 5.74) is 0.895. The van der Waals surface area contributed by atoms with Crippen molar-refractivity contribution in [1.29, 1.82) is 0 Å². The molecular weight excluding hydrogens is 168 g/mol. The Balaban J connectivity index is 2.20. The first-order valence-corrected chi connectivity index (χ1v) is 4.46. The first-order valence-electron chi connectivity index (χ1n) is 4.46. The minimum Gasteiger partial charge on any atom is -0.396 e. The lowest BCUT2D eigenvalue weighted by atomic mass is 10.2. The molecule has 0 spiro atoms. The highest BCUT2D eigenvalue weighted by molar-refractivity contribution is 5.02. The maximum Gasteiger partial charge on any atom is 0.150 e. The van der Waals surface area contributed by atoms with Crippen molar-refractivity contribution in [2.45, 2.75) is 20.4 Å². The molecule has 13 heavy (non-hydrogen) atoms. The van der Waals surface area contributed by atoms with Crippen molar-refractivity contribution in [3.8, 4) is 0 Å². The van der Waals surface area contributed by atoms with Crippen molar-refractivity contribution < 1.29 is 9.63 Å². The Bertz CT molecular complexity index is 248. The van der Waals surface area contributed by atoms with E-state index in [1.165, 1.54) is 0 Å². The summed E-state index contributed by atoms with van der Waals surface area (Å²) in [6, 6.07) is 1.90. The lowest BCUT2D eigenvalue weighted by Gasteiger charge is -2.07. The van der Waals surface area contributed by atoms with Crippen LogP contribution in [0.2, 0.25) is 0 Å². The standard InChI is InChI=1S/C9H16N2O2/c1-7(6-12)4-10-5-9-3-8(2)11-13-9/h3,7,10,12H,4-6H2,1-2H3. The van der Waals surface area contributed by atoms with Gasteiger partial charge in [0, 0.05) is 19.2 Å². The summed E-state index contributed by atoms with van der Waals surface area (Å²) in [5.74, 6) is 1.12. The van der Waals surface area contributed by atoms with Crippen LogP contribution in [0.25, 0.3) is 0 Å². The van der Waals surface area contributed by atoms with E-state index in [0.29, 0.717) is 6.54 Å². The molecule has 74 valence electrons. The molecule has 1 aromatic heterocycles. The van der Waals surface area contributed by atoms with Crippen LogP contribution in [0.15, 0.2) is 10.6 Å². The largest absolute Gasteiger partial charge is 0.396 e. The normalized spacial score (nSPS) is 13.2. The molecule has 0 saturated heterocycles. The maximum absolute atomic E-state index is 8.76. The molecule has 0 radical (unpaired) electrons. The molecule has 0 aliphatic carbocycles. The summed E-state index contributed by atoms with van der Waals surface area (Å²) in [4.78, 5) is 0. The smallest absolute Gasteiger partial charge is 0.150 e. The Labute approximate surface area is 77.9 Å². The van der Waals surface area contributed by atoms with Crippen LogP contribution in [0.4, 0.5) is 0 Å². The molecule has 1 aromatic rings. The predicted octanol–water partition coefficient (Wildman–Crippen LogP) is 0.701. The van der Waals surface area contributed by atoms with Crippen LogP contribution >= 0.6 is 0 Å². The van der Waals surface area contributed by atoms with Gasteiger partial charge in [-0.25, -0.2) is 0 Å². The summed E-state index contributed by atoms with van der Waals surface area (Å²) in [5, 5.41) is 15.7. The topological polar surface area (TPSA) is 58.3 Å². The third-order valence-corrected chi connectivity index (χ3v) is 1.78. The molecule has 4 heteroatoms. The number of aryl methyl sites for hydroxylation is 1. The highest BCUT2D eigenvalue weighted by Gasteiger charge is 2.02. The predicted molar refractivity (Wildman–Crippen MR) is 49.2 cm³/mol. The zero-order chi connectivity index (χ0) is 9.68. The van der Waals surface area contributed by atoms with Crippen molar-refractivity contribution >= 4 is 0 Å². The fourth-order valence-corrected chi connectivity index (χ4v) is 1.01. The molecule has 0 amide bonds. The molecule has 1 unspecified atom stereocenters. The van der Waals surface area contributed by atoms with Gasteiger partial charge in [0.2, 0.25) is 0 Å². The van der Waals surface area contributed by atoms with Gasteiger partial charge in [-0.2, -0.15) is 0 Å². The minimum atomic E-state index is 0.211. The number of hydrogen-bond acceptors (Lipinski definition) is 4. The fourth-order valence-electron chi connectivity index (χ4n) is 1.01. The van der Waals surface area contributed by atoms with Crippen molar-refractivity contribution in [2.24, 2.45) is 5.92 Å².